The van der Waals surface area contributed by atoms with Crippen molar-refractivity contribution in [3.8, 4) is 11.5 Å². The summed E-state index contributed by atoms with van der Waals surface area (Å²) in [6.07, 6.45) is 13.4. The molecule has 3 aliphatic rings. The van der Waals surface area contributed by atoms with E-state index in [4.69, 9.17) is 14.6 Å². The van der Waals surface area contributed by atoms with Crippen LogP contribution in [0.3, 0.4) is 0 Å². The fraction of sp³-hybridized carbons (Fsp3) is 0.562. The van der Waals surface area contributed by atoms with Gasteiger partial charge in [0.2, 0.25) is 5.91 Å². The van der Waals surface area contributed by atoms with Crippen LogP contribution in [0.25, 0.3) is 0 Å². The topological polar surface area (TPSA) is 97.5 Å². The number of hydrogen-bond acceptors (Lipinski definition) is 7. The summed E-state index contributed by atoms with van der Waals surface area (Å²) in [5.74, 6) is 1.29. The summed E-state index contributed by atoms with van der Waals surface area (Å²) in [5, 5.41) is 18.2. The van der Waals surface area contributed by atoms with Crippen LogP contribution in [0.5, 0.6) is 11.5 Å². The Balaban J connectivity index is 1.52. The molecule has 9 nitrogen and oxygen atoms in total. The van der Waals surface area contributed by atoms with Crippen molar-refractivity contribution in [2.75, 3.05) is 20.8 Å². The molecule has 1 saturated heterocycles. The molecule has 2 aromatic rings. The third-order valence-corrected chi connectivity index (χ3v) is 8.80. The van der Waals surface area contributed by atoms with Crippen molar-refractivity contribution in [3.05, 3.63) is 63.2 Å². The molecule has 0 radical (unpaired) electrons. The molecular formula is C32H42N4O5. The van der Waals surface area contributed by atoms with Crippen molar-refractivity contribution in [3.63, 3.8) is 0 Å². The predicted octanol–water partition coefficient (Wildman–Crippen LogP) is 7.10. The molecule has 220 valence electrons. The number of nitrogens with zero attached hydrogens (tertiary/aromatic N) is 4. The van der Waals surface area contributed by atoms with E-state index in [1.807, 2.05) is 12.1 Å². The summed E-state index contributed by atoms with van der Waals surface area (Å²) in [7, 11) is 3.25. The number of ether oxygens (including phenoxy) is 2. The van der Waals surface area contributed by atoms with Gasteiger partial charge in [-0.05, 0) is 73.1 Å². The molecule has 0 bridgehead atoms. The molecule has 41 heavy (non-hydrogen) atoms. The first-order valence-corrected chi connectivity index (χ1v) is 15.1. The van der Waals surface area contributed by atoms with Crippen LogP contribution in [-0.2, 0) is 11.2 Å². The largest absolute Gasteiger partial charge is 0.493 e. The van der Waals surface area contributed by atoms with E-state index in [9.17, 15) is 14.9 Å². The lowest BCUT2D eigenvalue weighted by Crippen LogP contribution is -2.52. The Hall–Kier alpha value is -3.46. The number of non-ortho nitro benzene ring substituents is 1. The number of nitro benzene ring substituents is 1. The van der Waals surface area contributed by atoms with Gasteiger partial charge in [0.25, 0.3) is 5.69 Å². The number of hydrazone groups is 1. The summed E-state index contributed by atoms with van der Waals surface area (Å²) in [5.41, 5.74) is 4.17. The highest BCUT2D eigenvalue weighted by Crippen LogP contribution is 2.47. The summed E-state index contributed by atoms with van der Waals surface area (Å²) in [6.45, 7) is 0.726. The highest BCUT2D eigenvalue weighted by Gasteiger charge is 2.44. The molecule has 1 amide bonds. The first-order valence-electron chi connectivity index (χ1n) is 15.1. The monoisotopic (exact) mass is 562 g/mol. The molecule has 1 aliphatic carbocycles. The van der Waals surface area contributed by atoms with Crippen LogP contribution in [0, 0.1) is 10.1 Å². The first-order chi connectivity index (χ1) is 20.0. The third-order valence-electron chi connectivity index (χ3n) is 8.80. The molecule has 9 heteroatoms. The molecule has 1 saturated carbocycles. The zero-order valence-electron chi connectivity index (χ0n) is 24.3. The maximum atomic E-state index is 14.0. The fourth-order valence-electron chi connectivity index (χ4n) is 6.59. The van der Waals surface area contributed by atoms with Crippen LogP contribution in [0.2, 0.25) is 0 Å². The minimum absolute atomic E-state index is 0.0316. The van der Waals surface area contributed by atoms with Crippen LogP contribution < -0.4 is 9.47 Å². The summed E-state index contributed by atoms with van der Waals surface area (Å²) < 4.78 is 11.2. The number of methoxy groups -OCH3 is 2. The van der Waals surface area contributed by atoms with Crippen molar-refractivity contribution in [2.45, 2.75) is 95.7 Å². The predicted molar refractivity (Wildman–Crippen MR) is 158 cm³/mol. The normalized spacial score (nSPS) is 22.5. The van der Waals surface area contributed by atoms with Crippen LogP contribution in [0.15, 0.2) is 41.5 Å². The maximum absolute atomic E-state index is 14.0. The van der Waals surface area contributed by atoms with Gasteiger partial charge in [0.1, 0.15) is 6.17 Å². The van der Waals surface area contributed by atoms with Crippen LogP contribution in [0.4, 0.5) is 5.69 Å². The Morgan fingerprint density at radius 2 is 1.44 bits per heavy atom. The zero-order chi connectivity index (χ0) is 28.8. The third kappa shape index (κ3) is 6.56. The van der Waals surface area contributed by atoms with Crippen molar-refractivity contribution in [2.24, 2.45) is 5.10 Å². The number of nitro groups is 1. The number of hydrogen-bond donors (Lipinski definition) is 0. The van der Waals surface area contributed by atoms with E-state index >= 15 is 0 Å². The van der Waals surface area contributed by atoms with E-state index in [0.29, 0.717) is 17.9 Å². The Labute approximate surface area is 242 Å². The lowest BCUT2D eigenvalue weighted by molar-refractivity contribution is -0.384. The minimum atomic E-state index is -0.447. The van der Waals surface area contributed by atoms with E-state index in [1.54, 1.807) is 31.4 Å². The van der Waals surface area contributed by atoms with E-state index in [2.05, 4.69) is 4.90 Å². The summed E-state index contributed by atoms with van der Waals surface area (Å²) >= 11 is 0. The van der Waals surface area contributed by atoms with Gasteiger partial charge in [-0.3, -0.25) is 19.8 Å². The maximum Gasteiger partial charge on any atom is 0.269 e. The van der Waals surface area contributed by atoms with Gasteiger partial charge in [0.15, 0.2) is 11.5 Å². The second-order valence-corrected chi connectivity index (χ2v) is 11.4. The first kappa shape index (κ1) is 29.0. The van der Waals surface area contributed by atoms with E-state index < -0.39 is 11.1 Å². The number of fused-ring (bicyclic) bond motifs is 3. The molecule has 2 heterocycles. The Morgan fingerprint density at radius 3 is 2.02 bits per heavy atom. The zero-order valence-corrected chi connectivity index (χ0v) is 24.3. The van der Waals surface area contributed by atoms with E-state index in [-0.39, 0.29) is 17.6 Å². The highest BCUT2D eigenvalue weighted by atomic mass is 16.6. The van der Waals surface area contributed by atoms with Gasteiger partial charge in [-0.15, -0.1) is 0 Å². The second kappa shape index (κ2) is 13.5. The average molecular weight is 563 g/mol. The van der Waals surface area contributed by atoms with Crippen molar-refractivity contribution in [1.29, 1.82) is 0 Å². The molecule has 2 fully saturated rings. The molecule has 2 unspecified atom stereocenters. The lowest BCUT2D eigenvalue weighted by atomic mass is 9.87. The Morgan fingerprint density at radius 1 is 0.854 bits per heavy atom. The van der Waals surface area contributed by atoms with E-state index in [1.165, 1.54) is 57.1 Å². The molecule has 2 atom stereocenters. The average Bonchev–Trinajstić information content (AvgIpc) is 2.98. The highest BCUT2D eigenvalue weighted by molar-refractivity contribution is 5.87. The fourth-order valence-corrected chi connectivity index (χ4v) is 6.59. The van der Waals surface area contributed by atoms with Gasteiger partial charge in [-0.1, -0.05) is 44.9 Å². The van der Waals surface area contributed by atoms with Crippen LogP contribution >= 0.6 is 0 Å². The number of carbonyl (C=O) groups excluding carboxylic acids is 1. The minimum Gasteiger partial charge on any atom is -0.493 e. The quantitative estimate of drug-likeness (QED) is 0.285. The lowest BCUT2D eigenvalue weighted by Gasteiger charge is -2.49. The smallest absolute Gasteiger partial charge is 0.269 e. The molecule has 0 spiro atoms. The van der Waals surface area contributed by atoms with Gasteiger partial charge in [-0.25, -0.2) is 5.01 Å². The van der Waals surface area contributed by atoms with Gasteiger partial charge in [0, 0.05) is 36.9 Å². The van der Waals surface area contributed by atoms with Crippen LogP contribution in [-0.4, -0.2) is 47.2 Å². The Kier molecular flexibility index (Phi) is 9.54. The number of amides is 1. The molecule has 0 N–H and O–H groups in total. The second-order valence-electron chi connectivity index (χ2n) is 11.4. The van der Waals surface area contributed by atoms with Crippen molar-refractivity contribution >= 4 is 17.3 Å². The van der Waals surface area contributed by atoms with Gasteiger partial charge in [-0.2, -0.15) is 5.10 Å². The number of benzene rings is 2. The molecule has 2 aliphatic heterocycles. The molecular weight excluding hydrogens is 520 g/mol. The molecule has 0 aromatic heterocycles. The van der Waals surface area contributed by atoms with Crippen molar-refractivity contribution in [1.82, 2.24) is 9.91 Å². The van der Waals surface area contributed by atoms with Gasteiger partial charge in [0.05, 0.1) is 19.1 Å². The number of carbonyl (C=O) groups is 1. The van der Waals surface area contributed by atoms with Crippen LogP contribution in [0.1, 0.15) is 106 Å². The number of rotatable bonds is 5. The SMILES string of the molecule is COc1cc2c(cc1OC)C1CC(=O)N(N=C3CCCCCCCCCCC3)C(c3ccc([N+](=O)[O-])cc3)N1CC2. The molecule has 2 aromatic carbocycles. The van der Waals surface area contributed by atoms with Crippen molar-refractivity contribution < 1.29 is 19.2 Å². The Bertz CT molecular complexity index is 1250. The van der Waals surface area contributed by atoms with Gasteiger partial charge >= 0.3 is 0 Å². The molecule has 5 rings (SSSR count). The van der Waals surface area contributed by atoms with E-state index in [0.717, 1.165) is 61.1 Å². The summed E-state index contributed by atoms with van der Waals surface area (Å²) in [4.78, 5) is 27.3. The van der Waals surface area contributed by atoms with Gasteiger partial charge < -0.3 is 9.47 Å². The summed E-state index contributed by atoms with van der Waals surface area (Å²) in [6, 6.07) is 10.5. The standard InChI is InChI=1S/C32H42N4O5/c1-40-29-20-24-18-19-34-28(27(24)21-30(29)41-2)22-31(37)35(32(34)23-14-16-26(17-15-23)36(38)39)33-25-12-10-8-6-4-3-5-7-9-11-13-25/h14-17,20-21,28,32H,3-13,18-19,22H2,1-2H3.